The molecular formula is C12H12F2N4. The molecule has 0 aromatic carbocycles. The van der Waals surface area contributed by atoms with Crippen LogP contribution in [0.1, 0.15) is 17.6 Å². The van der Waals surface area contributed by atoms with Gasteiger partial charge in [0.25, 0.3) is 6.43 Å². The molecule has 0 unspecified atom stereocenters. The third-order valence-corrected chi connectivity index (χ3v) is 2.56. The molecule has 4 nitrogen and oxygen atoms in total. The van der Waals surface area contributed by atoms with Crippen LogP contribution in [0.3, 0.4) is 0 Å². The first-order valence-corrected chi connectivity index (χ1v) is 5.36. The first-order chi connectivity index (χ1) is 8.61. The van der Waals surface area contributed by atoms with Crippen molar-refractivity contribution in [2.24, 2.45) is 0 Å². The predicted molar refractivity (Wildman–Crippen MR) is 64.5 cm³/mol. The zero-order chi connectivity index (χ0) is 13.1. The number of halogens is 2. The molecule has 0 saturated carbocycles. The van der Waals surface area contributed by atoms with E-state index in [4.69, 9.17) is 0 Å². The van der Waals surface area contributed by atoms with Gasteiger partial charge in [0.1, 0.15) is 0 Å². The lowest BCUT2D eigenvalue weighted by Crippen LogP contribution is -1.97. The monoisotopic (exact) mass is 250 g/mol. The van der Waals surface area contributed by atoms with Crippen LogP contribution in [0.2, 0.25) is 0 Å². The Hall–Kier alpha value is -2.11. The van der Waals surface area contributed by atoms with E-state index in [0.717, 1.165) is 0 Å². The van der Waals surface area contributed by atoms with Gasteiger partial charge in [-0.05, 0) is 18.6 Å². The summed E-state index contributed by atoms with van der Waals surface area (Å²) < 4.78 is 25.2. The van der Waals surface area contributed by atoms with Crippen molar-refractivity contribution in [3.8, 4) is 11.3 Å². The molecular weight excluding hydrogens is 238 g/mol. The molecule has 6 heteroatoms. The number of anilines is 1. The standard InChI is InChI=1S/C12H12F2N4/c1-7-3-10(16-6-9(7)11(13)14)8-4-17-12(15-2)18-5-8/h3-6,11H,1-2H3,(H,15,17,18). The van der Waals surface area contributed by atoms with Crippen LogP contribution in [0, 0.1) is 6.92 Å². The molecule has 0 spiro atoms. The smallest absolute Gasteiger partial charge is 0.265 e. The van der Waals surface area contributed by atoms with Crippen molar-refractivity contribution in [3.63, 3.8) is 0 Å². The number of alkyl halides is 2. The first kappa shape index (κ1) is 12.3. The van der Waals surface area contributed by atoms with Crippen molar-refractivity contribution in [2.45, 2.75) is 13.3 Å². The van der Waals surface area contributed by atoms with E-state index >= 15 is 0 Å². The van der Waals surface area contributed by atoms with Gasteiger partial charge in [0.15, 0.2) is 0 Å². The van der Waals surface area contributed by atoms with E-state index in [1.54, 1.807) is 32.4 Å². The molecule has 0 atom stereocenters. The first-order valence-electron chi connectivity index (χ1n) is 5.36. The van der Waals surface area contributed by atoms with Gasteiger partial charge in [-0.3, -0.25) is 4.98 Å². The molecule has 0 aliphatic heterocycles. The van der Waals surface area contributed by atoms with Gasteiger partial charge >= 0.3 is 0 Å². The zero-order valence-corrected chi connectivity index (χ0v) is 9.98. The van der Waals surface area contributed by atoms with E-state index in [9.17, 15) is 8.78 Å². The number of hydrogen-bond donors (Lipinski definition) is 1. The van der Waals surface area contributed by atoms with Crippen molar-refractivity contribution in [1.82, 2.24) is 15.0 Å². The van der Waals surface area contributed by atoms with Gasteiger partial charge in [-0.1, -0.05) is 0 Å². The minimum absolute atomic E-state index is 0.0495. The molecule has 0 bridgehead atoms. The lowest BCUT2D eigenvalue weighted by Gasteiger charge is -2.07. The summed E-state index contributed by atoms with van der Waals surface area (Å²) in [6.45, 7) is 1.63. The second-order valence-electron chi connectivity index (χ2n) is 3.77. The summed E-state index contributed by atoms with van der Waals surface area (Å²) in [4.78, 5) is 12.1. The number of aryl methyl sites for hydroxylation is 1. The Morgan fingerprint density at radius 3 is 2.28 bits per heavy atom. The Bertz CT molecular complexity index is 540. The number of nitrogens with zero attached hydrogens (tertiary/aromatic N) is 3. The van der Waals surface area contributed by atoms with Gasteiger partial charge in [0, 0.05) is 36.8 Å². The quantitative estimate of drug-likeness (QED) is 0.910. The van der Waals surface area contributed by atoms with E-state index in [0.29, 0.717) is 22.8 Å². The number of pyridine rings is 1. The van der Waals surface area contributed by atoms with Crippen LogP contribution in [0.4, 0.5) is 14.7 Å². The Balaban J connectivity index is 2.36. The Kier molecular flexibility index (Phi) is 3.45. The van der Waals surface area contributed by atoms with Gasteiger partial charge in [0.2, 0.25) is 5.95 Å². The van der Waals surface area contributed by atoms with Crippen molar-refractivity contribution in [2.75, 3.05) is 12.4 Å². The fourth-order valence-electron chi connectivity index (χ4n) is 1.54. The molecule has 0 aliphatic carbocycles. The topological polar surface area (TPSA) is 50.7 Å². The van der Waals surface area contributed by atoms with E-state index in [1.807, 2.05) is 0 Å². The van der Waals surface area contributed by atoms with Crippen LogP contribution < -0.4 is 5.32 Å². The van der Waals surface area contributed by atoms with Gasteiger partial charge in [0.05, 0.1) is 5.69 Å². The number of aromatic nitrogens is 3. The molecule has 1 N–H and O–H groups in total. The van der Waals surface area contributed by atoms with Crippen molar-refractivity contribution >= 4 is 5.95 Å². The maximum Gasteiger partial charge on any atom is 0.265 e. The second kappa shape index (κ2) is 5.03. The molecule has 0 fully saturated rings. The zero-order valence-electron chi connectivity index (χ0n) is 9.98. The fraction of sp³-hybridized carbons (Fsp3) is 0.250. The van der Waals surface area contributed by atoms with Gasteiger partial charge in [-0.25, -0.2) is 18.7 Å². The Morgan fingerprint density at radius 2 is 1.78 bits per heavy atom. The largest absolute Gasteiger partial charge is 0.357 e. The maximum atomic E-state index is 12.6. The van der Waals surface area contributed by atoms with Gasteiger partial charge in [-0.2, -0.15) is 0 Å². The number of rotatable bonds is 3. The second-order valence-corrected chi connectivity index (χ2v) is 3.77. The third kappa shape index (κ3) is 2.42. The summed E-state index contributed by atoms with van der Waals surface area (Å²) in [7, 11) is 1.72. The van der Waals surface area contributed by atoms with Crippen LogP contribution in [-0.4, -0.2) is 22.0 Å². The van der Waals surface area contributed by atoms with Crippen molar-refractivity contribution < 1.29 is 8.78 Å². The van der Waals surface area contributed by atoms with Crippen LogP contribution >= 0.6 is 0 Å². The van der Waals surface area contributed by atoms with E-state index in [-0.39, 0.29) is 5.56 Å². The van der Waals surface area contributed by atoms with Crippen molar-refractivity contribution in [3.05, 3.63) is 35.8 Å². The van der Waals surface area contributed by atoms with Gasteiger partial charge < -0.3 is 5.32 Å². The molecule has 0 aliphatic rings. The molecule has 94 valence electrons. The third-order valence-electron chi connectivity index (χ3n) is 2.56. The maximum absolute atomic E-state index is 12.6. The lowest BCUT2D eigenvalue weighted by atomic mass is 10.1. The average Bonchev–Trinajstić information content (AvgIpc) is 2.38. The highest BCUT2D eigenvalue weighted by Gasteiger charge is 2.12. The van der Waals surface area contributed by atoms with Crippen LogP contribution in [0.5, 0.6) is 0 Å². The summed E-state index contributed by atoms with van der Waals surface area (Å²) in [6.07, 6.45) is 1.89. The van der Waals surface area contributed by atoms with E-state index < -0.39 is 6.43 Å². The molecule has 2 aromatic heterocycles. The summed E-state index contributed by atoms with van der Waals surface area (Å²) in [5, 5.41) is 2.80. The summed E-state index contributed by atoms with van der Waals surface area (Å²) in [5.41, 5.74) is 1.73. The Morgan fingerprint density at radius 1 is 1.11 bits per heavy atom. The summed E-state index contributed by atoms with van der Waals surface area (Å²) >= 11 is 0. The number of nitrogens with one attached hydrogen (secondary N) is 1. The molecule has 0 radical (unpaired) electrons. The minimum atomic E-state index is -2.51. The van der Waals surface area contributed by atoms with Crippen LogP contribution in [0.15, 0.2) is 24.7 Å². The van der Waals surface area contributed by atoms with Gasteiger partial charge in [-0.15, -0.1) is 0 Å². The van der Waals surface area contributed by atoms with Crippen LogP contribution in [0.25, 0.3) is 11.3 Å². The fourth-order valence-corrected chi connectivity index (χ4v) is 1.54. The Labute approximate surface area is 103 Å². The normalized spacial score (nSPS) is 10.7. The van der Waals surface area contributed by atoms with Crippen LogP contribution in [-0.2, 0) is 0 Å². The molecule has 18 heavy (non-hydrogen) atoms. The predicted octanol–water partition coefficient (Wildman–Crippen LogP) is 2.83. The highest BCUT2D eigenvalue weighted by molar-refractivity contribution is 5.58. The molecule has 2 aromatic rings. The minimum Gasteiger partial charge on any atom is -0.357 e. The highest BCUT2D eigenvalue weighted by atomic mass is 19.3. The summed E-state index contributed by atoms with van der Waals surface area (Å²) in [5.74, 6) is 0.500. The molecule has 0 amide bonds. The SMILES string of the molecule is CNc1ncc(-c2cc(C)c(C(F)F)cn2)cn1. The molecule has 2 heterocycles. The van der Waals surface area contributed by atoms with E-state index in [2.05, 4.69) is 20.3 Å². The average molecular weight is 250 g/mol. The lowest BCUT2D eigenvalue weighted by molar-refractivity contribution is 0.150. The van der Waals surface area contributed by atoms with E-state index in [1.165, 1.54) is 6.20 Å². The number of hydrogen-bond acceptors (Lipinski definition) is 4. The summed E-state index contributed by atoms with van der Waals surface area (Å²) in [6, 6.07) is 1.61. The highest BCUT2D eigenvalue weighted by Crippen LogP contribution is 2.25. The molecule has 0 saturated heterocycles. The van der Waals surface area contributed by atoms with Crippen molar-refractivity contribution in [1.29, 1.82) is 0 Å². The molecule has 2 rings (SSSR count).